The molecule has 0 saturated heterocycles. The first-order chi connectivity index (χ1) is 11.1. The van der Waals surface area contributed by atoms with Gasteiger partial charge in [0.2, 0.25) is 0 Å². The maximum Gasteiger partial charge on any atom is 0.318 e. The van der Waals surface area contributed by atoms with E-state index in [-0.39, 0.29) is 30.1 Å². The molecule has 2 aliphatic carbocycles. The topological polar surface area (TPSA) is 82.8 Å². The number of furan rings is 1. The second-order valence-electron chi connectivity index (χ2n) is 6.67. The molecule has 6 heteroatoms. The van der Waals surface area contributed by atoms with Crippen molar-refractivity contribution in [3.63, 3.8) is 0 Å². The number of nitrogens with zero attached hydrogens (tertiary/aromatic N) is 1. The zero-order valence-electron chi connectivity index (χ0n) is 13.4. The minimum atomic E-state index is -0.721. The lowest BCUT2D eigenvalue weighted by molar-refractivity contribution is -0.142. The summed E-state index contributed by atoms with van der Waals surface area (Å²) in [5.41, 5.74) is 0. The second kappa shape index (κ2) is 6.64. The number of carboxylic acids is 1. The molecule has 0 aliphatic heterocycles. The summed E-state index contributed by atoms with van der Waals surface area (Å²) in [6.07, 6.45) is 6.43. The molecular weight excluding hydrogens is 296 g/mol. The van der Waals surface area contributed by atoms with Gasteiger partial charge in [0.25, 0.3) is 0 Å². The summed E-state index contributed by atoms with van der Waals surface area (Å²) in [4.78, 5) is 25.6. The SMILES string of the molecule is CC(c1ccco1)N(C(=O)NC1CCC(C(=O)O)CC1)C1CC1. The largest absolute Gasteiger partial charge is 0.481 e. The molecule has 1 aromatic rings. The van der Waals surface area contributed by atoms with Crippen LogP contribution < -0.4 is 5.32 Å². The van der Waals surface area contributed by atoms with Crippen LogP contribution in [0.5, 0.6) is 0 Å². The maximum atomic E-state index is 12.7. The van der Waals surface area contributed by atoms with Crippen molar-refractivity contribution in [1.82, 2.24) is 10.2 Å². The summed E-state index contributed by atoms with van der Waals surface area (Å²) in [5, 5.41) is 12.1. The van der Waals surface area contributed by atoms with Gasteiger partial charge < -0.3 is 19.7 Å². The van der Waals surface area contributed by atoms with E-state index in [1.807, 2.05) is 24.0 Å². The van der Waals surface area contributed by atoms with Crippen LogP contribution in [-0.4, -0.2) is 34.1 Å². The van der Waals surface area contributed by atoms with Gasteiger partial charge in [0, 0.05) is 12.1 Å². The number of hydrogen-bond acceptors (Lipinski definition) is 3. The molecule has 2 N–H and O–H groups in total. The Morgan fingerprint density at radius 1 is 1.26 bits per heavy atom. The van der Waals surface area contributed by atoms with Crippen molar-refractivity contribution in [3.05, 3.63) is 24.2 Å². The van der Waals surface area contributed by atoms with Crippen LogP contribution in [0.4, 0.5) is 4.79 Å². The number of rotatable bonds is 5. The number of hydrogen-bond donors (Lipinski definition) is 2. The molecule has 2 fully saturated rings. The highest BCUT2D eigenvalue weighted by atomic mass is 16.4. The molecule has 2 saturated carbocycles. The number of amides is 2. The third-order valence-electron chi connectivity index (χ3n) is 4.95. The van der Waals surface area contributed by atoms with Crippen molar-refractivity contribution in [3.8, 4) is 0 Å². The predicted octanol–water partition coefficient (Wildman–Crippen LogP) is 3.16. The van der Waals surface area contributed by atoms with Gasteiger partial charge in [-0.3, -0.25) is 4.79 Å². The lowest BCUT2D eigenvalue weighted by atomic mass is 9.86. The van der Waals surface area contributed by atoms with Crippen LogP contribution >= 0.6 is 0 Å². The Bertz CT molecular complexity index is 545. The Hall–Kier alpha value is -1.98. The van der Waals surface area contributed by atoms with E-state index in [0.29, 0.717) is 12.8 Å². The second-order valence-corrected chi connectivity index (χ2v) is 6.67. The standard InChI is InChI=1S/C17H24N2O4/c1-11(15-3-2-10-23-15)19(14-8-9-14)17(22)18-13-6-4-12(5-7-13)16(20)21/h2-3,10-14H,4-9H2,1H3,(H,18,22)(H,20,21). The van der Waals surface area contributed by atoms with Crippen LogP contribution in [0.3, 0.4) is 0 Å². The van der Waals surface area contributed by atoms with E-state index in [1.165, 1.54) is 0 Å². The minimum absolute atomic E-state index is 0.0600. The van der Waals surface area contributed by atoms with E-state index in [2.05, 4.69) is 5.32 Å². The fourth-order valence-corrected chi connectivity index (χ4v) is 3.41. The molecule has 0 bridgehead atoms. The predicted molar refractivity (Wildman–Crippen MR) is 83.9 cm³/mol. The van der Waals surface area contributed by atoms with Crippen LogP contribution in [0.25, 0.3) is 0 Å². The quantitative estimate of drug-likeness (QED) is 0.873. The van der Waals surface area contributed by atoms with Gasteiger partial charge in [-0.05, 0) is 57.6 Å². The van der Waals surface area contributed by atoms with E-state index >= 15 is 0 Å². The van der Waals surface area contributed by atoms with Crippen molar-refractivity contribution in [1.29, 1.82) is 0 Å². The van der Waals surface area contributed by atoms with E-state index in [0.717, 1.165) is 31.4 Å². The molecule has 1 atom stereocenters. The van der Waals surface area contributed by atoms with Crippen LogP contribution in [-0.2, 0) is 4.79 Å². The highest BCUT2D eigenvalue weighted by molar-refractivity contribution is 5.76. The van der Waals surface area contributed by atoms with Crippen LogP contribution in [0.15, 0.2) is 22.8 Å². The van der Waals surface area contributed by atoms with E-state index in [1.54, 1.807) is 6.26 Å². The van der Waals surface area contributed by atoms with Gasteiger partial charge in [0.15, 0.2) is 0 Å². The highest BCUT2D eigenvalue weighted by Gasteiger charge is 2.38. The lowest BCUT2D eigenvalue weighted by Gasteiger charge is -2.32. The average molecular weight is 320 g/mol. The first kappa shape index (κ1) is 15.9. The van der Waals surface area contributed by atoms with Crippen molar-refractivity contribution in [2.45, 2.75) is 63.6 Å². The summed E-state index contributed by atoms with van der Waals surface area (Å²) in [6, 6.07) is 3.93. The number of aliphatic carboxylic acids is 1. The highest BCUT2D eigenvalue weighted by Crippen LogP contribution is 2.35. The van der Waals surface area contributed by atoms with Gasteiger partial charge in [0.05, 0.1) is 18.2 Å². The monoisotopic (exact) mass is 320 g/mol. The molecule has 3 rings (SSSR count). The third-order valence-corrected chi connectivity index (χ3v) is 4.95. The minimum Gasteiger partial charge on any atom is -0.481 e. The fourth-order valence-electron chi connectivity index (χ4n) is 3.41. The van der Waals surface area contributed by atoms with Crippen LogP contribution in [0, 0.1) is 5.92 Å². The van der Waals surface area contributed by atoms with Crippen LogP contribution in [0.1, 0.15) is 57.3 Å². The zero-order chi connectivity index (χ0) is 16.4. The summed E-state index contributed by atoms with van der Waals surface area (Å²) in [7, 11) is 0. The Morgan fingerprint density at radius 2 is 1.96 bits per heavy atom. The van der Waals surface area contributed by atoms with E-state index in [9.17, 15) is 9.59 Å². The summed E-state index contributed by atoms with van der Waals surface area (Å²) < 4.78 is 5.45. The Labute approximate surface area is 135 Å². The Kier molecular flexibility index (Phi) is 4.59. The summed E-state index contributed by atoms with van der Waals surface area (Å²) in [5.74, 6) is -0.188. The molecular formula is C17H24N2O4. The third kappa shape index (κ3) is 3.68. The van der Waals surface area contributed by atoms with Gasteiger partial charge in [-0.15, -0.1) is 0 Å². The molecule has 2 amide bonds. The van der Waals surface area contributed by atoms with Gasteiger partial charge in [0.1, 0.15) is 5.76 Å². The number of urea groups is 1. The molecule has 2 aliphatic rings. The molecule has 1 unspecified atom stereocenters. The van der Waals surface area contributed by atoms with Crippen molar-refractivity contribution >= 4 is 12.0 Å². The summed E-state index contributed by atoms with van der Waals surface area (Å²) in [6.45, 7) is 1.98. The van der Waals surface area contributed by atoms with Gasteiger partial charge in [-0.25, -0.2) is 4.79 Å². The smallest absolute Gasteiger partial charge is 0.318 e. The first-order valence-electron chi connectivity index (χ1n) is 8.41. The van der Waals surface area contributed by atoms with E-state index in [4.69, 9.17) is 9.52 Å². The molecule has 0 radical (unpaired) electrons. The Morgan fingerprint density at radius 3 is 2.48 bits per heavy atom. The lowest BCUT2D eigenvalue weighted by Crippen LogP contribution is -2.48. The number of carbonyl (C=O) groups excluding carboxylic acids is 1. The number of carboxylic acid groups (broad SMARTS) is 1. The van der Waals surface area contributed by atoms with Gasteiger partial charge >= 0.3 is 12.0 Å². The van der Waals surface area contributed by atoms with E-state index < -0.39 is 5.97 Å². The average Bonchev–Trinajstić information content (AvgIpc) is 3.19. The molecule has 1 aromatic heterocycles. The molecule has 1 heterocycles. The van der Waals surface area contributed by atoms with Gasteiger partial charge in [-0.1, -0.05) is 0 Å². The summed E-state index contributed by atoms with van der Waals surface area (Å²) >= 11 is 0. The van der Waals surface area contributed by atoms with Crippen LogP contribution in [0.2, 0.25) is 0 Å². The normalized spacial score (nSPS) is 25.6. The number of nitrogens with one attached hydrogen (secondary N) is 1. The molecule has 6 nitrogen and oxygen atoms in total. The Balaban J connectivity index is 1.58. The maximum absolute atomic E-state index is 12.7. The molecule has 126 valence electrons. The first-order valence-corrected chi connectivity index (χ1v) is 8.41. The fraction of sp³-hybridized carbons (Fsp3) is 0.647. The van der Waals surface area contributed by atoms with Gasteiger partial charge in [-0.2, -0.15) is 0 Å². The molecule has 0 aromatic carbocycles. The van der Waals surface area contributed by atoms with Crippen molar-refractivity contribution < 1.29 is 19.1 Å². The molecule has 0 spiro atoms. The number of carbonyl (C=O) groups is 2. The van der Waals surface area contributed by atoms with Crippen molar-refractivity contribution in [2.75, 3.05) is 0 Å². The molecule has 23 heavy (non-hydrogen) atoms. The van der Waals surface area contributed by atoms with Crippen molar-refractivity contribution in [2.24, 2.45) is 5.92 Å². The zero-order valence-corrected chi connectivity index (χ0v) is 13.4.